The maximum absolute atomic E-state index is 12.5. The molecule has 0 saturated carbocycles. The molecular weight excluding hydrogens is 576 g/mol. The first-order valence-corrected chi connectivity index (χ1v) is 16.0. The van der Waals surface area contributed by atoms with Crippen molar-refractivity contribution < 1.29 is 59.5 Å². The van der Waals surface area contributed by atoms with Crippen LogP contribution in [-0.4, -0.2) is 116 Å². The van der Waals surface area contributed by atoms with Crippen LogP contribution in [0.5, 0.6) is 0 Å². The molecule has 0 aromatic heterocycles. The molecule has 2 aliphatic heterocycles. The highest BCUT2D eigenvalue weighted by atomic mass is 16.8. The van der Waals surface area contributed by atoms with Crippen molar-refractivity contribution in [1.29, 1.82) is 0 Å². The van der Waals surface area contributed by atoms with E-state index in [0.717, 1.165) is 18.9 Å². The van der Waals surface area contributed by atoms with Gasteiger partial charge in [0.25, 0.3) is 0 Å². The second-order valence-electron chi connectivity index (χ2n) is 11.5. The third-order valence-electron chi connectivity index (χ3n) is 7.96. The number of hydrogen-bond acceptors (Lipinski definition) is 12. The summed E-state index contributed by atoms with van der Waals surface area (Å²) in [4.78, 5) is 12.5. The van der Waals surface area contributed by atoms with Crippen LogP contribution in [0.1, 0.15) is 84.0 Å². The Morgan fingerprint density at radius 3 is 1.91 bits per heavy atom. The van der Waals surface area contributed by atoms with Gasteiger partial charge in [-0.05, 0) is 12.8 Å². The molecule has 0 aliphatic carbocycles. The van der Waals surface area contributed by atoms with E-state index in [2.05, 4.69) is 13.0 Å². The summed E-state index contributed by atoms with van der Waals surface area (Å²) in [6, 6.07) is 0. The number of esters is 1. The lowest BCUT2D eigenvalue weighted by molar-refractivity contribution is -0.383. The molecule has 2 saturated heterocycles. The Labute approximate surface area is 260 Å². The summed E-state index contributed by atoms with van der Waals surface area (Å²) >= 11 is 0. The first-order chi connectivity index (χ1) is 21.2. The van der Waals surface area contributed by atoms with Crippen LogP contribution >= 0.6 is 0 Å². The molecule has 7 N–H and O–H groups in total. The lowest BCUT2D eigenvalue weighted by atomic mass is 9.99. The molecule has 12 heteroatoms. The fourth-order valence-corrected chi connectivity index (χ4v) is 5.30. The summed E-state index contributed by atoms with van der Waals surface area (Å²) in [5.41, 5.74) is 0. The number of carbonyl (C=O) groups is 1. The van der Waals surface area contributed by atoms with Crippen LogP contribution in [0.25, 0.3) is 0 Å². The van der Waals surface area contributed by atoms with Crippen molar-refractivity contribution in [2.24, 2.45) is 0 Å². The molecule has 0 bridgehead atoms. The van der Waals surface area contributed by atoms with Crippen molar-refractivity contribution in [2.45, 2.75) is 139 Å². The van der Waals surface area contributed by atoms with Gasteiger partial charge in [0.05, 0.1) is 13.2 Å². The summed E-state index contributed by atoms with van der Waals surface area (Å²) in [7, 11) is 0. The van der Waals surface area contributed by atoms with Crippen LogP contribution in [0, 0.1) is 0 Å². The van der Waals surface area contributed by atoms with Gasteiger partial charge >= 0.3 is 5.97 Å². The fourth-order valence-electron chi connectivity index (χ4n) is 5.30. The minimum absolute atomic E-state index is 0.723. The molecule has 0 amide bonds. The van der Waals surface area contributed by atoms with Gasteiger partial charge in [0.15, 0.2) is 12.4 Å². The van der Waals surface area contributed by atoms with Crippen LogP contribution in [-0.2, 0) is 23.7 Å². The Kier molecular flexibility index (Phi) is 18.5. The quantitative estimate of drug-likeness (QED) is 0.0419. The van der Waals surface area contributed by atoms with E-state index in [1.807, 2.05) is 6.08 Å². The first-order valence-electron chi connectivity index (χ1n) is 16.0. The van der Waals surface area contributed by atoms with Crippen LogP contribution in [0.3, 0.4) is 0 Å². The predicted molar refractivity (Wildman–Crippen MR) is 161 cm³/mol. The molecule has 12 nitrogen and oxygen atoms in total. The van der Waals surface area contributed by atoms with E-state index in [9.17, 15) is 40.5 Å². The van der Waals surface area contributed by atoms with Gasteiger partial charge in [-0.2, -0.15) is 0 Å². The Morgan fingerprint density at radius 1 is 0.727 bits per heavy atom. The van der Waals surface area contributed by atoms with E-state index < -0.39 is 80.6 Å². The number of aliphatic hydroxyl groups excluding tert-OH is 7. The van der Waals surface area contributed by atoms with E-state index in [4.69, 9.17) is 18.9 Å². The highest BCUT2D eigenvalue weighted by Gasteiger charge is 2.60. The van der Waals surface area contributed by atoms with Gasteiger partial charge in [-0.15, -0.1) is 0 Å². The molecule has 2 heterocycles. The van der Waals surface area contributed by atoms with Gasteiger partial charge in [-0.25, -0.2) is 4.79 Å². The molecule has 9 atom stereocenters. The maximum atomic E-state index is 12.5. The van der Waals surface area contributed by atoms with Crippen molar-refractivity contribution in [3.05, 3.63) is 36.5 Å². The fraction of sp³-hybridized carbons (Fsp3) is 0.781. The van der Waals surface area contributed by atoms with Crippen LogP contribution in [0.2, 0.25) is 0 Å². The summed E-state index contributed by atoms with van der Waals surface area (Å²) in [5, 5.41) is 70.2. The number of allylic oxidation sites excluding steroid dienone is 5. The Bertz CT molecular complexity index is 877. The lowest BCUT2D eigenvalue weighted by Crippen LogP contribution is -2.63. The van der Waals surface area contributed by atoms with Gasteiger partial charge in [-0.3, -0.25) is 0 Å². The zero-order valence-corrected chi connectivity index (χ0v) is 25.9. The molecule has 254 valence electrons. The molecule has 0 aromatic carbocycles. The number of carbonyl (C=O) groups excluding carboxylic acids is 1. The minimum Gasteiger partial charge on any atom is -0.450 e. The molecule has 2 fully saturated rings. The standard InChI is InChI=1S/C32H54O12/c1-2-3-4-5-6-7-8-9-10-11-12-13-14-15-16-17-18-19-25(36)42-30-27(38)24(21-34)43-32(30,22-35)44-31-29(40)28(39)26(37)23(20-33)41-31/h14-19,23-24,26-31,33-35,37-40H,2-13,20-22H2,1H3/b15-14+,17-16+,19-18+/t23-,24-,26-,27-,28+,29-,30+,31-,32+/m1/s1. The van der Waals surface area contributed by atoms with E-state index in [1.165, 1.54) is 70.3 Å². The Morgan fingerprint density at radius 2 is 1.32 bits per heavy atom. The molecule has 0 unspecified atom stereocenters. The second kappa shape index (κ2) is 21.2. The van der Waals surface area contributed by atoms with Gasteiger partial charge in [-0.1, -0.05) is 102 Å². The highest BCUT2D eigenvalue weighted by Crippen LogP contribution is 2.38. The topological polar surface area (TPSA) is 196 Å². The molecule has 44 heavy (non-hydrogen) atoms. The van der Waals surface area contributed by atoms with Crippen LogP contribution in [0.15, 0.2) is 36.5 Å². The smallest absolute Gasteiger partial charge is 0.331 e. The lowest BCUT2D eigenvalue weighted by Gasteiger charge is -2.43. The highest BCUT2D eigenvalue weighted by molar-refractivity contribution is 5.82. The van der Waals surface area contributed by atoms with Crippen molar-refractivity contribution in [2.75, 3.05) is 19.8 Å². The molecule has 0 radical (unpaired) electrons. The third kappa shape index (κ3) is 11.9. The Balaban J connectivity index is 1.80. The number of hydrogen-bond donors (Lipinski definition) is 7. The summed E-state index contributed by atoms with van der Waals surface area (Å²) < 4.78 is 21.7. The average Bonchev–Trinajstić information content (AvgIpc) is 3.28. The molecule has 2 rings (SSSR count). The number of ether oxygens (including phenoxy) is 4. The summed E-state index contributed by atoms with van der Waals surface area (Å²) in [6.45, 7) is -0.230. The zero-order valence-electron chi connectivity index (χ0n) is 25.9. The van der Waals surface area contributed by atoms with E-state index in [1.54, 1.807) is 12.2 Å². The van der Waals surface area contributed by atoms with Gasteiger partial charge in [0.1, 0.15) is 43.2 Å². The van der Waals surface area contributed by atoms with E-state index in [-0.39, 0.29) is 0 Å². The van der Waals surface area contributed by atoms with Crippen molar-refractivity contribution in [3.63, 3.8) is 0 Å². The number of unbranched alkanes of at least 4 members (excludes halogenated alkanes) is 11. The van der Waals surface area contributed by atoms with Gasteiger partial charge in [0.2, 0.25) is 5.79 Å². The Hall–Kier alpha value is -1.71. The number of rotatable bonds is 21. The molecule has 0 aromatic rings. The van der Waals surface area contributed by atoms with Crippen molar-refractivity contribution in [3.8, 4) is 0 Å². The van der Waals surface area contributed by atoms with Crippen LogP contribution in [0.4, 0.5) is 0 Å². The largest absolute Gasteiger partial charge is 0.450 e. The molecule has 0 spiro atoms. The summed E-state index contributed by atoms with van der Waals surface area (Å²) in [6.07, 6.45) is 12.0. The predicted octanol–water partition coefficient (Wildman–Crippen LogP) is 1.53. The van der Waals surface area contributed by atoms with Gasteiger partial charge in [0, 0.05) is 6.08 Å². The van der Waals surface area contributed by atoms with Crippen molar-refractivity contribution in [1.82, 2.24) is 0 Å². The zero-order chi connectivity index (χ0) is 32.4. The monoisotopic (exact) mass is 630 g/mol. The number of aliphatic hydroxyl groups is 7. The maximum Gasteiger partial charge on any atom is 0.331 e. The molecule has 2 aliphatic rings. The summed E-state index contributed by atoms with van der Waals surface area (Å²) in [5.74, 6) is -3.22. The van der Waals surface area contributed by atoms with Gasteiger partial charge < -0.3 is 54.7 Å². The first kappa shape index (κ1) is 38.5. The third-order valence-corrected chi connectivity index (χ3v) is 7.96. The van der Waals surface area contributed by atoms with E-state index >= 15 is 0 Å². The second-order valence-corrected chi connectivity index (χ2v) is 11.5. The van der Waals surface area contributed by atoms with Crippen LogP contribution < -0.4 is 0 Å². The normalized spacial score (nSPS) is 32.8. The minimum atomic E-state index is -2.31. The van der Waals surface area contributed by atoms with Crippen molar-refractivity contribution >= 4 is 5.97 Å². The van der Waals surface area contributed by atoms with E-state index in [0.29, 0.717) is 0 Å². The molecular formula is C32H54O12. The SMILES string of the molecule is CCCCCCCCCCCCC/C=C/C=C/C=C/C(=O)O[C@H]1[C@H](O)[C@@H](CO)O[C@@]1(CO)O[C@H]1O[C@H](CO)[C@@H](O)[C@H](O)[C@H]1O. The average molecular weight is 631 g/mol.